The quantitative estimate of drug-likeness (QED) is 0.776. The maximum absolute atomic E-state index is 6.33. The van der Waals surface area contributed by atoms with Crippen LogP contribution in [0.4, 0.5) is 0 Å². The van der Waals surface area contributed by atoms with Crippen LogP contribution < -0.4 is 5.73 Å². The van der Waals surface area contributed by atoms with Crippen molar-refractivity contribution in [1.82, 2.24) is 4.98 Å². The monoisotopic (exact) mass is 254 g/mol. The molecule has 0 spiro atoms. The number of hydrogen-bond donors (Lipinski definition) is 1. The minimum absolute atomic E-state index is 0.0246. The normalized spacial score (nSPS) is 12.7. The van der Waals surface area contributed by atoms with Crippen molar-refractivity contribution in [2.24, 2.45) is 5.73 Å². The second kappa shape index (κ2) is 4.88. The van der Waals surface area contributed by atoms with E-state index in [-0.39, 0.29) is 6.04 Å². The highest BCUT2D eigenvalue weighted by Gasteiger charge is 2.11. The summed E-state index contributed by atoms with van der Waals surface area (Å²) >= 11 is 1.76. The third kappa shape index (κ3) is 2.15. The molecule has 1 unspecified atom stereocenters. The molecule has 0 bridgehead atoms. The van der Waals surface area contributed by atoms with Gasteiger partial charge in [0, 0.05) is 35.1 Å². The number of benzene rings is 1. The first kappa shape index (κ1) is 11.4. The maximum Gasteiger partial charge on any atom is 0.0350 e. The Bertz CT molecular complexity index is 641. The van der Waals surface area contributed by atoms with E-state index in [9.17, 15) is 0 Å². The zero-order valence-electron chi connectivity index (χ0n) is 9.91. The van der Waals surface area contributed by atoms with Crippen LogP contribution in [0.5, 0.6) is 0 Å². The Labute approximate surface area is 110 Å². The Morgan fingerprint density at radius 2 is 2.11 bits per heavy atom. The van der Waals surface area contributed by atoms with E-state index in [0.29, 0.717) is 0 Å². The Morgan fingerprint density at radius 3 is 2.94 bits per heavy atom. The van der Waals surface area contributed by atoms with E-state index < -0.39 is 0 Å². The number of nitrogens with zero attached hydrogens (tertiary/aromatic N) is 1. The van der Waals surface area contributed by atoms with Crippen LogP contribution in [0.25, 0.3) is 10.8 Å². The lowest BCUT2D eigenvalue weighted by atomic mass is 9.98. The van der Waals surface area contributed by atoms with Gasteiger partial charge in [0.25, 0.3) is 0 Å². The molecule has 0 fully saturated rings. The molecule has 0 aliphatic heterocycles. The number of aromatic nitrogens is 1. The SMILES string of the molecule is NC(Cc1cccs1)c1cccc2ccncc12. The van der Waals surface area contributed by atoms with Gasteiger partial charge >= 0.3 is 0 Å². The Balaban J connectivity index is 1.98. The van der Waals surface area contributed by atoms with Crippen molar-refractivity contribution in [3.05, 3.63) is 64.6 Å². The minimum atomic E-state index is 0.0246. The average Bonchev–Trinajstić information content (AvgIpc) is 2.91. The van der Waals surface area contributed by atoms with Gasteiger partial charge < -0.3 is 5.73 Å². The summed E-state index contributed by atoms with van der Waals surface area (Å²) < 4.78 is 0. The summed E-state index contributed by atoms with van der Waals surface area (Å²) in [6.07, 6.45) is 4.60. The molecule has 0 aliphatic carbocycles. The smallest absolute Gasteiger partial charge is 0.0350 e. The summed E-state index contributed by atoms with van der Waals surface area (Å²) in [5.74, 6) is 0. The van der Waals surface area contributed by atoms with Gasteiger partial charge in [0.2, 0.25) is 0 Å². The van der Waals surface area contributed by atoms with Crippen LogP contribution in [0.3, 0.4) is 0 Å². The summed E-state index contributed by atoms with van der Waals surface area (Å²) in [4.78, 5) is 5.52. The summed E-state index contributed by atoms with van der Waals surface area (Å²) in [5.41, 5.74) is 7.51. The van der Waals surface area contributed by atoms with Gasteiger partial charge in [-0.3, -0.25) is 4.98 Å². The van der Waals surface area contributed by atoms with E-state index in [1.807, 2.05) is 18.5 Å². The van der Waals surface area contributed by atoms with Gasteiger partial charge in [0.15, 0.2) is 0 Å². The number of thiophene rings is 1. The van der Waals surface area contributed by atoms with Crippen molar-refractivity contribution in [2.75, 3.05) is 0 Å². The fraction of sp³-hybridized carbons (Fsp3) is 0.133. The summed E-state index contributed by atoms with van der Waals surface area (Å²) in [6, 6.07) is 12.5. The number of nitrogens with two attached hydrogens (primary N) is 1. The van der Waals surface area contributed by atoms with Gasteiger partial charge in [0.05, 0.1) is 0 Å². The summed E-state index contributed by atoms with van der Waals surface area (Å²) in [6.45, 7) is 0. The number of rotatable bonds is 3. The van der Waals surface area contributed by atoms with Crippen LogP contribution in [0.15, 0.2) is 54.2 Å². The standard InChI is InChI=1S/C15H14N2S/c16-15(9-12-4-2-8-18-12)13-5-1-3-11-6-7-17-10-14(11)13/h1-8,10,15H,9,16H2. The Kier molecular flexibility index (Phi) is 3.09. The molecule has 2 heterocycles. The molecular formula is C15H14N2S. The highest BCUT2D eigenvalue weighted by atomic mass is 32.1. The minimum Gasteiger partial charge on any atom is -0.324 e. The maximum atomic E-state index is 6.33. The van der Waals surface area contributed by atoms with Crippen LogP contribution in [0, 0.1) is 0 Å². The van der Waals surface area contributed by atoms with Crippen LogP contribution in [0.1, 0.15) is 16.5 Å². The molecule has 0 aliphatic rings. The van der Waals surface area contributed by atoms with E-state index >= 15 is 0 Å². The highest BCUT2D eigenvalue weighted by molar-refractivity contribution is 7.09. The molecule has 3 heteroatoms. The lowest BCUT2D eigenvalue weighted by Crippen LogP contribution is -2.13. The zero-order valence-corrected chi connectivity index (χ0v) is 10.7. The lowest BCUT2D eigenvalue weighted by molar-refractivity contribution is 0.736. The van der Waals surface area contributed by atoms with E-state index in [0.717, 1.165) is 11.8 Å². The predicted octanol–water partition coefficient (Wildman–Crippen LogP) is 3.54. The second-order valence-corrected chi connectivity index (χ2v) is 5.37. The first-order valence-corrected chi connectivity index (χ1v) is 6.83. The Morgan fingerprint density at radius 1 is 1.17 bits per heavy atom. The second-order valence-electron chi connectivity index (χ2n) is 4.33. The van der Waals surface area contributed by atoms with Gasteiger partial charge in [-0.25, -0.2) is 0 Å². The Hall–Kier alpha value is -1.71. The van der Waals surface area contributed by atoms with Crippen molar-refractivity contribution >= 4 is 22.1 Å². The molecule has 3 rings (SSSR count). The molecule has 0 saturated heterocycles. The molecule has 0 saturated carbocycles. The first-order chi connectivity index (χ1) is 8.84. The van der Waals surface area contributed by atoms with E-state index in [1.54, 1.807) is 11.3 Å². The van der Waals surface area contributed by atoms with Crippen LogP contribution in [-0.2, 0) is 6.42 Å². The van der Waals surface area contributed by atoms with Crippen molar-refractivity contribution < 1.29 is 0 Å². The molecule has 90 valence electrons. The van der Waals surface area contributed by atoms with E-state index in [4.69, 9.17) is 5.73 Å². The highest BCUT2D eigenvalue weighted by Crippen LogP contribution is 2.25. The molecule has 2 nitrogen and oxygen atoms in total. The first-order valence-electron chi connectivity index (χ1n) is 5.95. The molecule has 0 radical (unpaired) electrons. The van der Waals surface area contributed by atoms with E-state index in [1.165, 1.54) is 15.8 Å². The van der Waals surface area contributed by atoms with Crippen LogP contribution in [0.2, 0.25) is 0 Å². The van der Waals surface area contributed by atoms with Gasteiger partial charge in [0.1, 0.15) is 0 Å². The third-order valence-corrected chi connectivity index (χ3v) is 4.02. The van der Waals surface area contributed by atoms with Crippen molar-refractivity contribution in [2.45, 2.75) is 12.5 Å². The van der Waals surface area contributed by atoms with Gasteiger partial charge in [-0.2, -0.15) is 0 Å². The van der Waals surface area contributed by atoms with E-state index in [2.05, 4.69) is 40.7 Å². The van der Waals surface area contributed by atoms with Gasteiger partial charge in [-0.05, 0) is 28.5 Å². The van der Waals surface area contributed by atoms with Crippen molar-refractivity contribution in [3.8, 4) is 0 Å². The third-order valence-electron chi connectivity index (χ3n) is 3.12. The van der Waals surface area contributed by atoms with Crippen LogP contribution in [-0.4, -0.2) is 4.98 Å². The molecular weight excluding hydrogens is 240 g/mol. The molecule has 1 aromatic carbocycles. The molecule has 0 amide bonds. The van der Waals surface area contributed by atoms with Crippen LogP contribution >= 0.6 is 11.3 Å². The average molecular weight is 254 g/mol. The zero-order chi connectivity index (χ0) is 12.4. The number of pyridine rings is 1. The topological polar surface area (TPSA) is 38.9 Å². The number of hydrogen-bond acceptors (Lipinski definition) is 3. The van der Waals surface area contributed by atoms with Gasteiger partial charge in [-0.1, -0.05) is 24.3 Å². The van der Waals surface area contributed by atoms with Crippen molar-refractivity contribution in [1.29, 1.82) is 0 Å². The lowest BCUT2D eigenvalue weighted by Gasteiger charge is -2.13. The molecule has 2 N–H and O–H groups in total. The largest absolute Gasteiger partial charge is 0.324 e. The van der Waals surface area contributed by atoms with Gasteiger partial charge in [-0.15, -0.1) is 11.3 Å². The molecule has 2 aromatic heterocycles. The number of fused-ring (bicyclic) bond motifs is 1. The molecule has 1 atom stereocenters. The summed E-state index contributed by atoms with van der Waals surface area (Å²) in [5, 5.41) is 4.44. The molecule has 18 heavy (non-hydrogen) atoms. The predicted molar refractivity (Wildman–Crippen MR) is 76.7 cm³/mol. The fourth-order valence-electron chi connectivity index (χ4n) is 2.22. The fourth-order valence-corrected chi connectivity index (χ4v) is 2.98. The summed E-state index contributed by atoms with van der Waals surface area (Å²) in [7, 11) is 0. The van der Waals surface area contributed by atoms with Crippen molar-refractivity contribution in [3.63, 3.8) is 0 Å². The molecule has 3 aromatic rings.